The van der Waals surface area contributed by atoms with Crippen molar-refractivity contribution in [2.24, 2.45) is 0 Å². The molecule has 5 nitrogen and oxygen atoms in total. The van der Waals surface area contributed by atoms with E-state index < -0.39 is 0 Å². The van der Waals surface area contributed by atoms with Crippen molar-refractivity contribution in [3.8, 4) is 5.75 Å². The zero-order valence-corrected chi connectivity index (χ0v) is 13.5. The first-order valence-electron chi connectivity index (χ1n) is 7.49. The summed E-state index contributed by atoms with van der Waals surface area (Å²) in [6, 6.07) is 12.6. The van der Waals surface area contributed by atoms with Crippen LogP contribution in [0.4, 0.5) is 11.4 Å². The van der Waals surface area contributed by atoms with E-state index in [1.54, 1.807) is 25.3 Å². The van der Waals surface area contributed by atoms with E-state index in [0.29, 0.717) is 35.9 Å². The number of nitrogen functional groups attached to an aromatic ring is 1. The Balaban J connectivity index is 2.02. The molecule has 0 heterocycles. The van der Waals surface area contributed by atoms with E-state index in [1.807, 2.05) is 31.2 Å². The summed E-state index contributed by atoms with van der Waals surface area (Å²) in [5.74, 6) is 0.523. The van der Waals surface area contributed by atoms with Gasteiger partial charge in [-0.2, -0.15) is 0 Å². The van der Waals surface area contributed by atoms with Crippen LogP contribution in [-0.2, 0) is 4.74 Å². The summed E-state index contributed by atoms with van der Waals surface area (Å²) in [7, 11) is 1.66. The zero-order chi connectivity index (χ0) is 16.7. The van der Waals surface area contributed by atoms with Gasteiger partial charge in [-0.25, -0.2) is 0 Å². The van der Waals surface area contributed by atoms with Crippen LogP contribution in [0, 0.1) is 6.92 Å². The number of anilines is 2. The molecule has 0 bridgehead atoms. The number of hydrogen-bond donors (Lipinski definition) is 2. The van der Waals surface area contributed by atoms with Gasteiger partial charge >= 0.3 is 0 Å². The summed E-state index contributed by atoms with van der Waals surface area (Å²) in [6.45, 7) is 3.11. The summed E-state index contributed by atoms with van der Waals surface area (Å²) < 4.78 is 10.6. The van der Waals surface area contributed by atoms with Gasteiger partial charge in [-0.15, -0.1) is 0 Å². The third-order valence-corrected chi connectivity index (χ3v) is 3.36. The smallest absolute Gasteiger partial charge is 0.256 e. The van der Waals surface area contributed by atoms with E-state index in [1.165, 1.54) is 0 Å². The fourth-order valence-electron chi connectivity index (χ4n) is 2.14. The van der Waals surface area contributed by atoms with Crippen molar-refractivity contribution in [2.75, 3.05) is 31.4 Å². The molecule has 0 aliphatic rings. The molecule has 0 saturated heterocycles. The second-order valence-corrected chi connectivity index (χ2v) is 5.25. The average Bonchev–Trinajstić information content (AvgIpc) is 2.54. The molecule has 0 fully saturated rings. The lowest BCUT2D eigenvalue weighted by atomic mass is 10.1. The van der Waals surface area contributed by atoms with Gasteiger partial charge in [0.1, 0.15) is 5.75 Å². The number of aryl methyl sites for hydroxylation is 1. The lowest BCUT2D eigenvalue weighted by Crippen LogP contribution is -2.13. The Morgan fingerprint density at radius 1 is 1.17 bits per heavy atom. The lowest BCUT2D eigenvalue weighted by Gasteiger charge is -2.10. The van der Waals surface area contributed by atoms with Gasteiger partial charge in [0.25, 0.3) is 5.91 Å². The minimum absolute atomic E-state index is 0.189. The Kier molecular flexibility index (Phi) is 6.00. The molecule has 5 heteroatoms. The highest BCUT2D eigenvalue weighted by molar-refractivity contribution is 6.05. The first-order chi connectivity index (χ1) is 11.1. The predicted molar refractivity (Wildman–Crippen MR) is 92.0 cm³/mol. The van der Waals surface area contributed by atoms with Gasteiger partial charge in [0.2, 0.25) is 0 Å². The quantitative estimate of drug-likeness (QED) is 0.608. The van der Waals surface area contributed by atoms with Gasteiger partial charge in [-0.3, -0.25) is 4.79 Å². The molecule has 23 heavy (non-hydrogen) atoms. The van der Waals surface area contributed by atoms with Gasteiger partial charge in [0, 0.05) is 43.1 Å². The summed E-state index contributed by atoms with van der Waals surface area (Å²) in [5.41, 5.74) is 8.44. The molecular weight excluding hydrogens is 292 g/mol. The van der Waals surface area contributed by atoms with E-state index in [0.717, 1.165) is 12.0 Å². The van der Waals surface area contributed by atoms with Crippen LogP contribution in [-0.4, -0.2) is 26.2 Å². The number of benzene rings is 2. The molecule has 0 aliphatic carbocycles. The third-order valence-electron chi connectivity index (χ3n) is 3.36. The standard InChI is InChI=1S/C18H22N2O3/c1-13-7-8-14(19)11-17(13)18(21)20-15-5-3-6-16(12-15)23-10-4-9-22-2/h3,5-8,11-12H,4,9-10,19H2,1-2H3,(H,20,21). The molecule has 122 valence electrons. The number of carbonyl (C=O) groups excluding carboxylic acids is 1. The van der Waals surface area contributed by atoms with Crippen LogP contribution in [0.2, 0.25) is 0 Å². The van der Waals surface area contributed by atoms with Crippen molar-refractivity contribution in [3.63, 3.8) is 0 Å². The maximum Gasteiger partial charge on any atom is 0.256 e. The van der Waals surface area contributed by atoms with Gasteiger partial charge < -0.3 is 20.5 Å². The van der Waals surface area contributed by atoms with Gasteiger partial charge in [0.05, 0.1) is 6.61 Å². The highest BCUT2D eigenvalue weighted by Crippen LogP contribution is 2.20. The molecule has 2 aromatic carbocycles. The van der Waals surface area contributed by atoms with Crippen LogP contribution in [0.1, 0.15) is 22.3 Å². The number of ether oxygens (including phenoxy) is 2. The molecule has 0 aromatic heterocycles. The van der Waals surface area contributed by atoms with E-state index in [2.05, 4.69) is 5.32 Å². The van der Waals surface area contributed by atoms with Crippen LogP contribution < -0.4 is 15.8 Å². The number of hydrogen-bond acceptors (Lipinski definition) is 4. The highest BCUT2D eigenvalue weighted by Gasteiger charge is 2.10. The first kappa shape index (κ1) is 16.8. The van der Waals surface area contributed by atoms with Crippen molar-refractivity contribution in [1.29, 1.82) is 0 Å². The van der Waals surface area contributed by atoms with Crippen molar-refractivity contribution in [2.45, 2.75) is 13.3 Å². The van der Waals surface area contributed by atoms with Crippen molar-refractivity contribution >= 4 is 17.3 Å². The summed E-state index contributed by atoms with van der Waals surface area (Å²) in [5, 5.41) is 2.87. The monoisotopic (exact) mass is 314 g/mol. The first-order valence-corrected chi connectivity index (χ1v) is 7.49. The highest BCUT2D eigenvalue weighted by atomic mass is 16.5. The fraction of sp³-hybridized carbons (Fsp3) is 0.278. The molecule has 2 aromatic rings. The van der Waals surface area contributed by atoms with Gasteiger partial charge in [-0.1, -0.05) is 12.1 Å². The Labute approximate surface area is 136 Å². The molecule has 1 amide bonds. The molecule has 0 atom stereocenters. The van der Waals surface area contributed by atoms with Crippen LogP contribution in [0.25, 0.3) is 0 Å². The fourth-order valence-corrected chi connectivity index (χ4v) is 2.14. The van der Waals surface area contributed by atoms with Crippen LogP contribution in [0.5, 0.6) is 5.75 Å². The van der Waals surface area contributed by atoms with Crippen molar-refractivity contribution < 1.29 is 14.3 Å². The number of nitrogens with two attached hydrogens (primary N) is 1. The van der Waals surface area contributed by atoms with Gasteiger partial charge in [-0.05, 0) is 36.8 Å². The summed E-state index contributed by atoms with van der Waals surface area (Å²) in [6.07, 6.45) is 0.815. The SMILES string of the molecule is COCCCOc1cccc(NC(=O)c2cc(N)ccc2C)c1. The summed E-state index contributed by atoms with van der Waals surface area (Å²) in [4.78, 5) is 12.4. The van der Waals surface area contributed by atoms with E-state index in [4.69, 9.17) is 15.2 Å². The number of rotatable bonds is 7. The Bertz CT molecular complexity index is 671. The summed E-state index contributed by atoms with van der Waals surface area (Å²) >= 11 is 0. The molecule has 0 aliphatic heterocycles. The molecule has 0 spiro atoms. The van der Waals surface area contributed by atoms with E-state index >= 15 is 0 Å². The van der Waals surface area contributed by atoms with Crippen molar-refractivity contribution in [1.82, 2.24) is 0 Å². The Morgan fingerprint density at radius 3 is 2.78 bits per heavy atom. The maximum atomic E-state index is 12.4. The number of methoxy groups -OCH3 is 1. The topological polar surface area (TPSA) is 73.6 Å². The van der Waals surface area contributed by atoms with Crippen LogP contribution in [0.15, 0.2) is 42.5 Å². The van der Waals surface area contributed by atoms with E-state index in [-0.39, 0.29) is 5.91 Å². The molecular formula is C18H22N2O3. The maximum absolute atomic E-state index is 12.4. The normalized spacial score (nSPS) is 10.3. The van der Waals surface area contributed by atoms with Crippen LogP contribution >= 0.6 is 0 Å². The minimum atomic E-state index is -0.189. The van der Waals surface area contributed by atoms with Gasteiger partial charge in [0.15, 0.2) is 0 Å². The molecule has 3 N–H and O–H groups in total. The second-order valence-electron chi connectivity index (χ2n) is 5.25. The second kappa shape index (κ2) is 8.19. The number of nitrogens with one attached hydrogen (secondary N) is 1. The largest absolute Gasteiger partial charge is 0.493 e. The average molecular weight is 314 g/mol. The zero-order valence-electron chi connectivity index (χ0n) is 13.5. The van der Waals surface area contributed by atoms with Crippen LogP contribution in [0.3, 0.4) is 0 Å². The molecule has 0 saturated carbocycles. The van der Waals surface area contributed by atoms with E-state index in [9.17, 15) is 4.79 Å². The lowest BCUT2D eigenvalue weighted by molar-refractivity contribution is 0.102. The molecule has 0 unspecified atom stereocenters. The number of amides is 1. The molecule has 2 rings (SSSR count). The molecule has 0 radical (unpaired) electrons. The Hall–Kier alpha value is -2.53. The minimum Gasteiger partial charge on any atom is -0.493 e. The third kappa shape index (κ3) is 5.00. The Morgan fingerprint density at radius 2 is 2.00 bits per heavy atom. The number of carbonyl (C=O) groups is 1. The van der Waals surface area contributed by atoms with Crippen molar-refractivity contribution in [3.05, 3.63) is 53.6 Å². The predicted octanol–water partition coefficient (Wildman–Crippen LogP) is 3.24.